The zero-order chi connectivity index (χ0) is 19.1. The van der Waals surface area contributed by atoms with E-state index in [1.54, 1.807) is 18.5 Å². The SMILES string of the molecule is CC(=O)N[C@@H]1CCn2c1c(-c1cn[nH]c1)c1c(OCC#N)cc(Cl)c(Cl)c12. The number of rotatable bonds is 4. The Kier molecular flexibility index (Phi) is 4.46. The Balaban J connectivity index is 2.08. The number of carbonyl (C=O) groups is 1. The molecule has 0 radical (unpaired) electrons. The predicted molar refractivity (Wildman–Crippen MR) is 102 cm³/mol. The summed E-state index contributed by atoms with van der Waals surface area (Å²) < 4.78 is 7.72. The van der Waals surface area contributed by atoms with Gasteiger partial charge in [-0.25, -0.2) is 0 Å². The Morgan fingerprint density at radius 1 is 1.56 bits per heavy atom. The number of H-pyrrole nitrogens is 1. The number of nitriles is 1. The number of hydrogen-bond acceptors (Lipinski definition) is 4. The lowest BCUT2D eigenvalue weighted by Crippen LogP contribution is -2.24. The molecule has 1 amide bonds. The maximum atomic E-state index is 11.7. The molecule has 2 aromatic heterocycles. The van der Waals surface area contributed by atoms with Crippen LogP contribution in [0.5, 0.6) is 5.75 Å². The number of carbonyl (C=O) groups excluding carboxylic acids is 1. The highest BCUT2D eigenvalue weighted by molar-refractivity contribution is 6.45. The zero-order valence-corrected chi connectivity index (χ0v) is 15.9. The molecule has 1 aliphatic rings. The first-order valence-corrected chi connectivity index (χ1v) is 9.08. The van der Waals surface area contributed by atoms with E-state index >= 15 is 0 Å². The van der Waals surface area contributed by atoms with Crippen LogP contribution in [0.3, 0.4) is 0 Å². The molecule has 0 aliphatic carbocycles. The van der Waals surface area contributed by atoms with Crippen LogP contribution >= 0.6 is 23.2 Å². The van der Waals surface area contributed by atoms with Crippen LogP contribution < -0.4 is 10.1 Å². The second-order valence-corrected chi connectivity index (χ2v) is 7.07. The summed E-state index contributed by atoms with van der Waals surface area (Å²) in [6.07, 6.45) is 4.22. The quantitative estimate of drug-likeness (QED) is 0.691. The van der Waals surface area contributed by atoms with E-state index in [-0.39, 0.29) is 18.6 Å². The van der Waals surface area contributed by atoms with Gasteiger partial charge < -0.3 is 14.6 Å². The van der Waals surface area contributed by atoms with Gasteiger partial charge >= 0.3 is 0 Å². The third kappa shape index (κ3) is 2.82. The molecule has 3 aromatic rings. The average Bonchev–Trinajstić information content (AvgIpc) is 3.33. The van der Waals surface area contributed by atoms with Crippen molar-refractivity contribution in [1.82, 2.24) is 20.1 Å². The van der Waals surface area contributed by atoms with E-state index in [0.717, 1.165) is 34.1 Å². The fourth-order valence-electron chi connectivity index (χ4n) is 3.75. The van der Waals surface area contributed by atoms with E-state index in [1.165, 1.54) is 6.92 Å². The summed E-state index contributed by atoms with van der Waals surface area (Å²) in [5.74, 6) is 0.363. The lowest BCUT2D eigenvalue weighted by atomic mass is 10.00. The monoisotopic (exact) mass is 403 g/mol. The molecule has 0 bridgehead atoms. The van der Waals surface area contributed by atoms with Crippen LogP contribution in [0.25, 0.3) is 22.0 Å². The van der Waals surface area contributed by atoms with E-state index in [2.05, 4.69) is 20.1 Å². The van der Waals surface area contributed by atoms with Gasteiger partial charge in [0.05, 0.1) is 33.2 Å². The molecular formula is C18H15Cl2N5O2. The molecule has 27 heavy (non-hydrogen) atoms. The summed E-state index contributed by atoms with van der Waals surface area (Å²) in [7, 11) is 0. The van der Waals surface area contributed by atoms with E-state index in [1.807, 2.05) is 6.07 Å². The second-order valence-electron chi connectivity index (χ2n) is 6.28. The normalized spacial score (nSPS) is 15.6. The largest absolute Gasteiger partial charge is 0.478 e. The Hall–Kier alpha value is -2.69. The minimum atomic E-state index is -0.168. The molecule has 0 spiro atoms. The molecule has 1 aliphatic heterocycles. The van der Waals surface area contributed by atoms with Crippen molar-refractivity contribution in [3.63, 3.8) is 0 Å². The Bertz CT molecular complexity index is 1080. The van der Waals surface area contributed by atoms with E-state index < -0.39 is 0 Å². The molecule has 4 rings (SSSR count). The number of amides is 1. The van der Waals surface area contributed by atoms with Crippen molar-refractivity contribution in [1.29, 1.82) is 5.26 Å². The number of fused-ring (bicyclic) bond motifs is 3. The third-order valence-electron chi connectivity index (χ3n) is 4.65. The molecule has 2 N–H and O–H groups in total. The smallest absolute Gasteiger partial charge is 0.217 e. The third-order valence-corrected chi connectivity index (χ3v) is 5.43. The highest BCUT2D eigenvalue weighted by atomic mass is 35.5. The molecule has 0 unspecified atom stereocenters. The number of aromatic amines is 1. The molecule has 3 heterocycles. The van der Waals surface area contributed by atoms with Crippen LogP contribution in [0.4, 0.5) is 0 Å². The van der Waals surface area contributed by atoms with Gasteiger partial charge in [-0.05, 0) is 6.42 Å². The van der Waals surface area contributed by atoms with Crippen LogP contribution in [-0.2, 0) is 11.3 Å². The number of benzene rings is 1. The fraction of sp³-hybridized carbons (Fsp3) is 0.278. The van der Waals surface area contributed by atoms with Crippen LogP contribution in [-0.4, -0.2) is 27.3 Å². The predicted octanol–water partition coefficient (Wildman–Crippen LogP) is 3.82. The number of hydrogen-bond donors (Lipinski definition) is 2. The molecule has 9 heteroatoms. The molecule has 7 nitrogen and oxygen atoms in total. The molecule has 1 aromatic carbocycles. The van der Waals surface area contributed by atoms with Crippen LogP contribution in [0.1, 0.15) is 25.1 Å². The van der Waals surface area contributed by atoms with Gasteiger partial charge in [-0.2, -0.15) is 10.4 Å². The number of nitrogens with zero attached hydrogens (tertiary/aromatic N) is 3. The first-order valence-electron chi connectivity index (χ1n) is 8.33. The van der Waals surface area contributed by atoms with E-state index in [4.69, 9.17) is 33.2 Å². The van der Waals surface area contributed by atoms with Crippen molar-refractivity contribution < 1.29 is 9.53 Å². The van der Waals surface area contributed by atoms with Gasteiger partial charge in [-0.3, -0.25) is 9.89 Å². The number of ether oxygens (including phenoxy) is 1. The van der Waals surface area contributed by atoms with Gasteiger partial charge in [-0.15, -0.1) is 0 Å². The molecular weight excluding hydrogens is 389 g/mol. The van der Waals surface area contributed by atoms with Crippen molar-refractivity contribution in [2.24, 2.45) is 0 Å². The van der Waals surface area contributed by atoms with Gasteiger partial charge in [0, 0.05) is 42.6 Å². The Morgan fingerprint density at radius 3 is 3.04 bits per heavy atom. The number of aromatic nitrogens is 3. The lowest BCUT2D eigenvalue weighted by Gasteiger charge is -2.13. The first kappa shape index (κ1) is 17.7. The summed E-state index contributed by atoms with van der Waals surface area (Å²) in [6.45, 7) is 2.05. The molecule has 0 fully saturated rings. The van der Waals surface area contributed by atoms with Crippen molar-refractivity contribution in [2.45, 2.75) is 25.9 Å². The summed E-state index contributed by atoms with van der Waals surface area (Å²) in [4.78, 5) is 11.7. The van der Waals surface area contributed by atoms with Crippen molar-refractivity contribution in [3.8, 4) is 22.9 Å². The number of aryl methyl sites for hydroxylation is 1. The molecule has 138 valence electrons. The minimum absolute atomic E-state index is 0.109. The number of halogens is 2. The standard InChI is InChI=1S/C18H15Cl2N5O2/c1-9(26)24-12-2-4-25-17(12)14(10-7-22-23-8-10)15-13(27-5-3-21)6-11(19)16(20)18(15)25/h6-8,12H,2,4-5H2,1H3,(H,22,23)(H,24,26)/t12-/m1/s1. The molecule has 0 saturated carbocycles. The lowest BCUT2D eigenvalue weighted by molar-refractivity contribution is -0.119. The van der Waals surface area contributed by atoms with Crippen LogP contribution in [0.15, 0.2) is 18.5 Å². The van der Waals surface area contributed by atoms with Crippen molar-refractivity contribution in [2.75, 3.05) is 6.61 Å². The second kappa shape index (κ2) is 6.80. The van der Waals surface area contributed by atoms with Gasteiger partial charge in [0.25, 0.3) is 0 Å². The van der Waals surface area contributed by atoms with E-state index in [9.17, 15) is 4.79 Å². The average molecular weight is 404 g/mol. The van der Waals surface area contributed by atoms with Crippen LogP contribution in [0.2, 0.25) is 10.0 Å². The number of nitrogens with one attached hydrogen (secondary N) is 2. The fourth-order valence-corrected chi connectivity index (χ4v) is 4.19. The summed E-state index contributed by atoms with van der Waals surface area (Å²) >= 11 is 12.9. The Labute approximate surface area is 164 Å². The maximum Gasteiger partial charge on any atom is 0.217 e. The topological polar surface area (TPSA) is 95.7 Å². The van der Waals surface area contributed by atoms with Gasteiger partial charge in [0.1, 0.15) is 11.8 Å². The molecule has 0 saturated heterocycles. The van der Waals surface area contributed by atoms with Gasteiger partial charge in [0.15, 0.2) is 6.61 Å². The molecule has 1 atom stereocenters. The van der Waals surface area contributed by atoms with Crippen molar-refractivity contribution in [3.05, 3.63) is 34.2 Å². The van der Waals surface area contributed by atoms with Crippen LogP contribution in [0, 0.1) is 11.3 Å². The Morgan fingerprint density at radius 2 is 2.37 bits per heavy atom. The summed E-state index contributed by atoms with van der Waals surface area (Å²) in [5.41, 5.74) is 3.36. The minimum Gasteiger partial charge on any atom is -0.478 e. The summed E-state index contributed by atoms with van der Waals surface area (Å²) in [6, 6.07) is 3.43. The maximum absolute atomic E-state index is 11.7. The highest BCUT2D eigenvalue weighted by Gasteiger charge is 2.34. The van der Waals surface area contributed by atoms with E-state index in [0.29, 0.717) is 22.3 Å². The first-order chi connectivity index (χ1) is 13.0. The van der Waals surface area contributed by atoms with Gasteiger partial charge in [-0.1, -0.05) is 23.2 Å². The zero-order valence-electron chi connectivity index (χ0n) is 14.3. The van der Waals surface area contributed by atoms with Crippen molar-refractivity contribution >= 4 is 40.0 Å². The summed E-state index contributed by atoms with van der Waals surface area (Å²) in [5, 5.41) is 20.3. The van der Waals surface area contributed by atoms with Gasteiger partial charge in [0.2, 0.25) is 5.91 Å². The highest BCUT2D eigenvalue weighted by Crippen LogP contribution is 2.49.